The summed E-state index contributed by atoms with van der Waals surface area (Å²) in [4.78, 5) is 37.2. The third-order valence-corrected chi connectivity index (χ3v) is 4.62. The highest BCUT2D eigenvalue weighted by Crippen LogP contribution is 2.53. The molecule has 3 aliphatic rings. The van der Waals surface area contributed by atoms with E-state index in [9.17, 15) is 14.4 Å². The van der Waals surface area contributed by atoms with Gasteiger partial charge in [-0.2, -0.15) is 0 Å². The van der Waals surface area contributed by atoms with Gasteiger partial charge in [0.15, 0.2) is 0 Å². The van der Waals surface area contributed by atoms with Crippen molar-refractivity contribution in [1.82, 2.24) is 15.5 Å². The van der Waals surface area contributed by atoms with Crippen LogP contribution >= 0.6 is 0 Å². The number of imide groups is 1. The zero-order chi connectivity index (χ0) is 14.6. The second-order valence-corrected chi connectivity index (χ2v) is 5.76. The number of nitrogens with zero attached hydrogens (tertiary/aromatic N) is 1. The average molecular weight is 285 g/mol. The fourth-order valence-corrected chi connectivity index (χ4v) is 3.77. The van der Waals surface area contributed by atoms with Crippen LogP contribution in [0.3, 0.4) is 0 Å². The molecule has 6 heteroatoms. The van der Waals surface area contributed by atoms with Gasteiger partial charge in [-0.15, -0.1) is 0 Å². The number of nitrogens with one attached hydrogen (secondary N) is 2. The van der Waals surface area contributed by atoms with Gasteiger partial charge in [-0.05, 0) is 24.0 Å². The number of hydrogen-bond donors (Lipinski definition) is 2. The molecular weight excluding hydrogens is 270 g/mol. The Balaban J connectivity index is 1.55. The van der Waals surface area contributed by atoms with E-state index in [0.717, 1.165) is 12.8 Å². The Bertz CT molecular complexity index is 626. The van der Waals surface area contributed by atoms with Crippen LogP contribution in [-0.4, -0.2) is 28.8 Å². The molecule has 2 unspecified atom stereocenters. The van der Waals surface area contributed by atoms with E-state index in [-0.39, 0.29) is 24.4 Å². The van der Waals surface area contributed by atoms with Crippen LogP contribution in [-0.2, 0) is 9.59 Å². The van der Waals surface area contributed by atoms with Gasteiger partial charge in [0.2, 0.25) is 5.91 Å². The van der Waals surface area contributed by atoms with Gasteiger partial charge in [0.1, 0.15) is 6.04 Å². The summed E-state index contributed by atoms with van der Waals surface area (Å²) in [6.45, 7) is 0. The van der Waals surface area contributed by atoms with Crippen LogP contribution in [0.15, 0.2) is 24.3 Å². The lowest BCUT2D eigenvalue weighted by Crippen LogP contribution is -2.37. The molecule has 2 N–H and O–H groups in total. The third kappa shape index (κ3) is 1.75. The van der Waals surface area contributed by atoms with Crippen molar-refractivity contribution in [2.24, 2.45) is 0 Å². The predicted molar refractivity (Wildman–Crippen MR) is 73.1 cm³/mol. The monoisotopic (exact) mass is 285 g/mol. The molecule has 3 aliphatic heterocycles. The van der Waals surface area contributed by atoms with Gasteiger partial charge >= 0.3 is 6.03 Å². The fourth-order valence-electron chi connectivity index (χ4n) is 3.77. The van der Waals surface area contributed by atoms with E-state index in [2.05, 4.69) is 22.8 Å². The van der Waals surface area contributed by atoms with E-state index in [1.54, 1.807) is 0 Å². The highest BCUT2D eigenvalue weighted by molar-refractivity contribution is 6.05. The minimum absolute atomic E-state index is 0.0264. The number of carbonyl (C=O) groups excluding carboxylic acids is 3. The Morgan fingerprint density at radius 3 is 2.29 bits per heavy atom. The van der Waals surface area contributed by atoms with Crippen LogP contribution in [0.25, 0.3) is 0 Å². The smallest absolute Gasteiger partial charge is 0.322 e. The maximum Gasteiger partial charge on any atom is 0.322 e. The second kappa shape index (κ2) is 4.31. The molecular formula is C15H15N3O3. The first-order valence-electron chi connectivity index (χ1n) is 7.16. The fraction of sp³-hybridized carbons (Fsp3) is 0.400. The largest absolute Gasteiger partial charge is 0.329 e. The lowest BCUT2D eigenvalue weighted by Gasteiger charge is -2.23. The second-order valence-electron chi connectivity index (χ2n) is 5.76. The van der Waals surface area contributed by atoms with Crippen LogP contribution in [0.1, 0.15) is 42.5 Å². The van der Waals surface area contributed by atoms with Gasteiger partial charge in [-0.1, -0.05) is 24.3 Å². The third-order valence-electron chi connectivity index (χ3n) is 4.62. The van der Waals surface area contributed by atoms with Crippen molar-refractivity contribution in [3.63, 3.8) is 0 Å². The van der Waals surface area contributed by atoms with E-state index in [1.165, 1.54) is 11.1 Å². The molecule has 3 heterocycles. The highest BCUT2D eigenvalue weighted by Gasteiger charge is 2.47. The Morgan fingerprint density at radius 1 is 1.14 bits per heavy atom. The van der Waals surface area contributed by atoms with E-state index in [4.69, 9.17) is 0 Å². The molecule has 3 atom stereocenters. The van der Waals surface area contributed by atoms with E-state index < -0.39 is 18.0 Å². The van der Waals surface area contributed by atoms with Crippen molar-refractivity contribution >= 4 is 17.8 Å². The minimum Gasteiger partial charge on any atom is -0.329 e. The van der Waals surface area contributed by atoms with Crippen molar-refractivity contribution in [1.29, 1.82) is 0 Å². The molecule has 0 aromatic heterocycles. The summed E-state index contributed by atoms with van der Waals surface area (Å²) in [5, 5.41) is 4.64. The van der Waals surface area contributed by atoms with Gasteiger partial charge in [-0.3, -0.25) is 14.9 Å². The van der Waals surface area contributed by atoms with E-state index in [1.807, 2.05) is 17.0 Å². The summed E-state index contributed by atoms with van der Waals surface area (Å²) >= 11 is 0. The van der Waals surface area contributed by atoms with Gasteiger partial charge in [0, 0.05) is 0 Å². The molecule has 0 aliphatic carbocycles. The topological polar surface area (TPSA) is 78.5 Å². The maximum absolute atomic E-state index is 12.6. The number of benzene rings is 1. The first kappa shape index (κ1) is 12.4. The molecule has 4 rings (SSSR count). The van der Waals surface area contributed by atoms with E-state index in [0.29, 0.717) is 0 Å². The average Bonchev–Trinajstić information content (AvgIpc) is 3.11. The Labute approximate surface area is 121 Å². The van der Waals surface area contributed by atoms with Gasteiger partial charge < -0.3 is 10.2 Å². The highest BCUT2D eigenvalue weighted by atomic mass is 16.2. The summed E-state index contributed by atoms with van der Waals surface area (Å²) < 4.78 is 0. The van der Waals surface area contributed by atoms with Crippen molar-refractivity contribution in [2.75, 3.05) is 0 Å². The molecule has 1 aromatic rings. The number of urea groups is 1. The van der Waals surface area contributed by atoms with Crippen molar-refractivity contribution < 1.29 is 14.4 Å². The molecule has 1 aromatic carbocycles. The van der Waals surface area contributed by atoms with Gasteiger partial charge in [0.25, 0.3) is 5.91 Å². The van der Waals surface area contributed by atoms with Crippen LogP contribution in [0, 0.1) is 0 Å². The quantitative estimate of drug-likeness (QED) is 0.796. The number of rotatable bonds is 2. The van der Waals surface area contributed by atoms with Crippen LogP contribution in [0.2, 0.25) is 0 Å². The molecule has 4 amide bonds. The number of carbonyl (C=O) groups is 3. The number of fused-ring (bicyclic) bond motifs is 5. The van der Waals surface area contributed by atoms with Gasteiger partial charge in [0.05, 0.1) is 18.5 Å². The normalized spacial score (nSPS) is 29.3. The predicted octanol–water partition coefficient (Wildman–Crippen LogP) is 1.00. The minimum atomic E-state index is -0.742. The summed E-state index contributed by atoms with van der Waals surface area (Å²) in [5.41, 5.74) is 2.45. The lowest BCUT2D eigenvalue weighted by atomic mass is 9.92. The molecule has 2 saturated heterocycles. The maximum atomic E-state index is 12.6. The number of hydrogen-bond acceptors (Lipinski definition) is 3. The molecule has 2 bridgehead atoms. The SMILES string of the molecule is O=C1NC(=O)[C@H](CC(=O)N2C3CCC2c2ccccc23)N1. The van der Waals surface area contributed by atoms with Crippen molar-refractivity contribution in [2.45, 2.75) is 37.4 Å². The van der Waals surface area contributed by atoms with E-state index >= 15 is 0 Å². The molecule has 6 nitrogen and oxygen atoms in total. The Morgan fingerprint density at radius 2 is 1.76 bits per heavy atom. The van der Waals surface area contributed by atoms with Crippen molar-refractivity contribution in [3.05, 3.63) is 35.4 Å². The molecule has 21 heavy (non-hydrogen) atoms. The molecule has 0 spiro atoms. The first-order valence-corrected chi connectivity index (χ1v) is 7.16. The number of amides is 4. The lowest BCUT2D eigenvalue weighted by molar-refractivity contribution is -0.136. The van der Waals surface area contributed by atoms with Crippen LogP contribution in [0.4, 0.5) is 4.79 Å². The molecule has 108 valence electrons. The zero-order valence-corrected chi connectivity index (χ0v) is 11.3. The summed E-state index contributed by atoms with van der Waals surface area (Å²) in [6, 6.07) is 7.11. The first-order chi connectivity index (χ1) is 10.1. The summed E-state index contributed by atoms with van der Waals surface area (Å²) in [6.07, 6.45) is 1.96. The Hall–Kier alpha value is -2.37. The summed E-state index contributed by atoms with van der Waals surface area (Å²) in [7, 11) is 0. The molecule has 0 radical (unpaired) electrons. The Kier molecular flexibility index (Phi) is 2.54. The van der Waals surface area contributed by atoms with Crippen LogP contribution in [0.5, 0.6) is 0 Å². The standard InChI is InChI=1S/C15H15N3O3/c19-13(7-10-14(20)17-15(21)16-10)18-11-5-6-12(18)9-4-2-1-3-8(9)11/h1-4,10-12H,5-7H2,(H2,16,17,20,21)/t10-,11?,12?/m0/s1. The van der Waals surface area contributed by atoms with Crippen molar-refractivity contribution in [3.8, 4) is 0 Å². The molecule has 2 fully saturated rings. The van der Waals surface area contributed by atoms with Gasteiger partial charge in [-0.25, -0.2) is 4.79 Å². The zero-order valence-electron chi connectivity index (χ0n) is 11.3. The summed E-state index contributed by atoms with van der Waals surface area (Å²) in [5.74, 6) is -0.488. The van der Waals surface area contributed by atoms with Crippen LogP contribution < -0.4 is 10.6 Å². The molecule has 0 saturated carbocycles.